The van der Waals surface area contributed by atoms with Crippen LogP contribution in [0.1, 0.15) is 41.8 Å². The molecule has 0 saturated heterocycles. The molecular formula is C22H22N4O2. The summed E-state index contributed by atoms with van der Waals surface area (Å²) in [6, 6.07) is 15.2. The van der Waals surface area contributed by atoms with Gasteiger partial charge in [0.05, 0.1) is 11.0 Å². The molecule has 2 aromatic heterocycles. The molecule has 2 heterocycles. The van der Waals surface area contributed by atoms with E-state index >= 15 is 0 Å². The van der Waals surface area contributed by atoms with E-state index in [0.29, 0.717) is 17.3 Å². The van der Waals surface area contributed by atoms with Crippen molar-refractivity contribution in [3.63, 3.8) is 0 Å². The van der Waals surface area contributed by atoms with Crippen LogP contribution in [0.2, 0.25) is 0 Å². The van der Waals surface area contributed by atoms with Crippen LogP contribution in [0.3, 0.4) is 0 Å². The predicted molar refractivity (Wildman–Crippen MR) is 109 cm³/mol. The second-order valence-electron chi connectivity index (χ2n) is 6.76. The number of carbonyl (C=O) groups is 1. The van der Waals surface area contributed by atoms with E-state index in [2.05, 4.69) is 27.2 Å². The lowest BCUT2D eigenvalue weighted by Gasteiger charge is -2.03. The molecule has 6 heteroatoms. The number of aryl methyl sites for hydroxylation is 2. The molecule has 0 aliphatic rings. The third-order valence-electron chi connectivity index (χ3n) is 4.59. The topological polar surface area (TPSA) is 83.8 Å². The van der Waals surface area contributed by atoms with Gasteiger partial charge in [0.2, 0.25) is 5.89 Å². The van der Waals surface area contributed by atoms with Crippen molar-refractivity contribution in [3.8, 4) is 11.5 Å². The smallest absolute Gasteiger partial charge is 0.277 e. The largest absolute Gasteiger partial charge is 0.441 e. The zero-order valence-electron chi connectivity index (χ0n) is 16.0. The van der Waals surface area contributed by atoms with Crippen LogP contribution >= 0.6 is 0 Å². The van der Waals surface area contributed by atoms with E-state index in [4.69, 9.17) is 4.42 Å². The zero-order chi connectivity index (χ0) is 19.5. The van der Waals surface area contributed by atoms with E-state index in [0.717, 1.165) is 41.7 Å². The highest BCUT2D eigenvalue weighted by Gasteiger charge is 2.18. The number of aromatic nitrogens is 3. The van der Waals surface area contributed by atoms with Crippen molar-refractivity contribution in [1.82, 2.24) is 15.0 Å². The summed E-state index contributed by atoms with van der Waals surface area (Å²) in [5.41, 5.74) is 3.61. The molecule has 1 amide bonds. The van der Waals surface area contributed by atoms with E-state index in [1.165, 1.54) is 0 Å². The second-order valence-corrected chi connectivity index (χ2v) is 6.76. The number of nitrogens with one attached hydrogen (secondary N) is 2. The number of imidazole rings is 1. The number of H-pyrrole nitrogens is 1. The van der Waals surface area contributed by atoms with Crippen LogP contribution in [0.4, 0.5) is 5.69 Å². The molecule has 4 rings (SSSR count). The van der Waals surface area contributed by atoms with Crippen LogP contribution in [0, 0.1) is 6.92 Å². The fourth-order valence-electron chi connectivity index (χ4n) is 3.10. The number of benzene rings is 2. The molecule has 0 saturated carbocycles. The van der Waals surface area contributed by atoms with E-state index in [1.54, 1.807) is 6.92 Å². The third kappa shape index (κ3) is 3.67. The maximum absolute atomic E-state index is 12.7. The van der Waals surface area contributed by atoms with Gasteiger partial charge in [0.15, 0.2) is 5.69 Å². The summed E-state index contributed by atoms with van der Waals surface area (Å²) in [6.45, 7) is 3.90. The maximum Gasteiger partial charge on any atom is 0.277 e. The highest BCUT2D eigenvalue weighted by Crippen LogP contribution is 2.23. The molecule has 0 atom stereocenters. The van der Waals surface area contributed by atoms with Crippen LogP contribution in [-0.4, -0.2) is 20.9 Å². The number of anilines is 1. The van der Waals surface area contributed by atoms with Crippen LogP contribution in [0.15, 0.2) is 52.9 Å². The Morgan fingerprint density at radius 2 is 1.96 bits per heavy atom. The molecule has 6 nitrogen and oxygen atoms in total. The van der Waals surface area contributed by atoms with Crippen molar-refractivity contribution in [2.45, 2.75) is 33.1 Å². The molecule has 0 aliphatic carbocycles. The van der Waals surface area contributed by atoms with Gasteiger partial charge in [0, 0.05) is 17.7 Å². The Morgan fingerprint density at radius 1 is 1.14 bits per heavy atom. The Hall–Kier alpha value is -3.41. The number of carbonyl (C=O) groups excluding carboxylic acids is 1. The Balaban J connectivity index is 1.54. The highest BCUT2D eigenvalue weighted by atomic mass is 16.4. The summed E-state index contributed by atoms with van der Waals surface area (Å²) >= 11 is 0. The first-order valence-electron chi connectivity index (χ1n) is 9.47. The van der Waals surface area contributed by atoms with E-state index < -0.39 is 0 Å². The molecule has 2 N–H and O–H groups in total. The van der Waals surface area contributed by atoms with Crippen molar-refractivity contribution in [3.05, 3.63) is 65.8 Å². The Bertz CT molecular complexity index is 1110. The van der Waals surface area contributed by atoms with Crippen molar-refractivity contribution < 1.29 is 9.21 Å². The lowest BCUT2D eigenvalue weighted by atomic mass is 10.2. The van der Waals surface area contributed by atoms with Gasteiger partial charge in [-0.1, -0.05) is 31.5 Å². The van der Waals surface area contributed by atoms with Gasteiger partial charge in [0.25, 0.3) is 5.91 Å². The van der Waals surface area contributed by atoms with Gasteiger partial charge in [0.1, 0.15) is 11.6 Å². The van der Waals surface area contributed by atoms with Crippen LogP contribution in [0.5, 0.6) is 0 Å². The lowest BCUT2D eigenvalue weighted by Crippen LogP contribution is -2.13. The van der Waals surface area contributed by atoms with Crippen molar-refractivity contribution in [2.24, 2.45) is 0 Å². The molecule has 0 unspecified atom stereocenters. The quantitative estimate of drug-likeness (QED) is 0.490. The molecule has 0 radical (unpaired) electrons. The summed E-state index contributed by atoms with van der Waals surface area (Å²) in [7, 11) is 0. The SMILES string of the molecule is CCCCc1nc2ccc(NC(=O)c3nc(-c4ccccc4)oc3C)cc2[nH]1. The first kappa shape index (κ1) is 18.0. The van der Waals surface area contributed by atoms with Gasteiger partial charge in [-0.15, -0.1) is 0 Å². The summed E-state index contributed by atoms with van der Waals surface area (Å²) in [5.74, 6) is 1.60. The average molecular weight is 374 g/mol. The number of hydrogen-bond acceptors (Lipinski definition) is 4. The van der Waals surface area contributed by atoms with Gasteiger partial charge in [-0.25, -0.2) is 9.97 Å². The van der Waals surface area contributed by atoms with Crippen molar-refractivity contribution in [1.29, 1.82) is 0 Å². The van der Waals surface area contributed by atoms with E-state index in [-0.39, 0.29) is 11.6 Å². The minimum Gasteiger partial charge on any atom is -0.441 e. The lowest BCUT2D eigenvalue weighted by molar-refractivity contribution is 0.102. The molecule has 4 aromatic rings. The summed E-state index contributed by atoms with van der Waals surface area (Å²) < 4.78 is 5.68. The number of rotatable bonds is 6. The van der Waals surface area contributed by atoms with Gasteiger partial charge in [-0.2, -0.15) is 0 Å². The number of hydrogen-bond donors (Lipinski definition) is 2. The predicted octanol–water partition coefficient (Wildman–Crippen LogP) is 5.12. The Kier molecular flexibility index (Phi) is 4.93. The van der Waals surface area contributed by atoms with Crippen LogP contribution in [-0.2, 0) is 6.42 Å². The monoisotopic (exact) mass is 374 g/mol. The standard InChI is InChI=1S/C22H22N4O2/c1-3-4-10-19-24-17-12-11-16(13-18(17)25-19)23-21(27)20-14(2)28-22(26-20)15-8-6-5-7-9-15/h5-9,11-13H,3-4,10H2,1-2H3,(H,23,27)(H,24,25). The highest BCUT2D eigenvalue weighted by molar-refractivity contribution is 6.04. The molecule has 0 aliphatic heterocycles. The van der Waals surface area contributed by atoms with Gasteiger partial charge in [-0.05, 0) is 43.7 Å². The van der Waals surface area contributed by atoms with Gasteiger partial charge < -0.3 is 14.7 Å². The summed E-state index contributed by atoms with van der Waals surface area (Å²) in [6.07, 6.45) is 3.15. The Morgan fingerprint density at radius 3 is 2.75 bits per heavy atom. The number of amides is 1. The second kappa shape index (κ2) is 7.68. The number of fused-ring (bicyclic) bond motifs is 1. The fourth-order valence-corrected chi connectivity index (χ4v) is 3.10. The number of unbranched alkanes of at least 4 members (excludes halogenated alkanes) is 1. The van der Waals surface area contributed by atoms with E-state index in [9.17, 15) is 4.79 Å². The van der Waals surface area contributed by atoms with Crippen molar-refractivity contribution in [2.75, 3.05) is 5.32 Å². The van der Waals surface area contributed by atoms with Gasteiger partial charge in [-0.3, -0.25) is 4.79 Å². The minimum atomic E-state index is -0.298. The number of aromatic amines is 1. The maximum atomic E-state index is 12.7. The summed E-state index contributed by atoms with van der Waals surface area (Å²) in [4.78, 5) is 25.0. The molecular weight excluding hydrogens is 352 g/mol. The molecule has 0 bridgehead atoms. The molecule has 0 fully saturated rings. The molecule has 0 spiro atoms. The fraction of sp³-hybridized carbons (Fsp3) is 0.227. The molecule has 28 heavy (non-hydrogen) atoms. The molecule has 2 aromatic carbocycles. The van der Waals surface area contributed by atoms with Crippen molar-refractivity contribution >= 4 is 22.6 Å². The van der Waals surface area contributed by atoms with E-state index in [1.807, 2.05) is 48.5 Å². The zero-order valence-corrected chi connectivity index (χ0v) is 16.0. The molecule has 142 valence electrons. The average Bonchev–Trinajstić information content (AvgIpc) is 3.29. The number of oxazole rings is 1. The Labute approximate surface area is 163 Å². The first-order chi connectivity index (χ1) is 13.6. The van der Waals surface area contributed by atoms with Crippen LogP contribution < -0.4 is 5.32 Å². The van der Waals surface area contributed by atoms with Gasteiger partial charge >= 0.3 is 0 Å². The number of nitrogens with zero attached hydrogens (tertiary/aromatic N) is 2. The summed E-state index contributed by atoms with van der Waals surface area (Å²) in [5, 5.41) is 2.90. The van der Waals surface area contributed by atoms with Crippen LogP contribution in [0.25, 0.3) is 22.5 Å². The third-order valence-corrected chi connectivity index (χ3v) is 4.59. The first-order valence-corrected chi connectivity index (χ1v) is 9.47. The normalized spacial score (nSPS) is 11.1. The minimum absolute atomic E-state index is 0.284.